The largest absolute Gasteiger partial charge is 0.496 e. The predicted octanol–water partition coefficient (Wildman–Crippen LogP) is 2.86. The molecule has 27 heteroatoms. The Morgan fingerprint density at radius 3 is 1.44 bits per heavy atom. The van der Waals surface area contributed by atoms with Crippen molar-refractivity contribution in [3.63, 3.8) is 0 Å². The first kappa shape index (κ1) is 53.6. The Hall–Kier alpha value is -5.38. The van der Waals surface area contributed by atoms with Crippen molar-refractivity contribution in [2.75, 3.05) is 92.7 Å². The molecule has 0 bridgehead atoms. The summed E-state index contributed by atoms with van der Waals surface area (Å²) in [6.07, 6.45) is 6.27. The highest BCUT2D eigenvalue weighted by molar-refractivity contribution is 7.89. The molecule has 4 heterocycles. The molecule has 2 aromatic heterocycles. The van der Waals surface area contributed by atoms with Gasteiger partial charge in [-0.3, -0.25) is 9.59 Å². The molecule has 21 nitrogen and oxygen atoms in total. The number of alkyl halides is 1. The van der Waals surface area contributed by atoms with Crippen LogP contribution in [-0.2, 0) is 30.1 Å². The van der Waals surface area contributed by atoms with Gasteiger partial charge < -0.3 is 31.6 Å². The van der Waals surface area contributed by atoms with Crippen molar-refractivity contribution in [1.29, 1.82) is 0 Å². The number of nitrogens with two attached hydrogens (primary N) is 2. The van der Waals surface area contributed by atoms with Crippen molar-refractivity contribution in [2.45, 2.75) is 50.6 Å². The van der Waals surface area contributed by atoms with Gasteiger partial charge in [-0.25, -0.2) is 57.3 Å². The zero-order chi connectivity index (χ0) is 49.8. The molecule has 0 amide bonds. The second-order valence-electron chi connectivity index (χ2n) is 15.7. The number of ketones is 2. The number of anilines is 4. The van der Waals surface area contributed by atoms with Crippen molar-refractivity contribution in [3.8, 4) is 11.5 Å². The lowest BCUT2D eigenvalue weighted by atomic mass is 10.0. The summed E-state index contributed by atoms with van der Waals surface area (Å²) >= 11 is 5.60. The predicted molar refractivity (Wildman–Crippen MR) is 252 cm³/mol. The Morgan fingerprint density at radius 2 is 1.09 bits per heavy atom. The highest BCUT2D eigenvalue weighted by Gasteiger charge is 2.30. The van der Waals surface area contributed by atoms with Gasteiger partial charge in [0.05, 0.1) is 54.2 Å². The summed E-state index contributed by atoms with van der Waals surface area (Å²) in [6, 6.07) is 7.03. The first-order valence-electron chi connectivity index (χ1n) is 21.2. The quantitative estimate of drug-likeness (QED) is 0.0483. The molecule has 0 unspecified atom stereocenters. The van der Waals surface area contributed by atoms with E-state index in [4.69, 9.17) is 32.5 Å². The third-order valence-corrected chi connectivity index (χ3v) is 15.7. The van der Waals surface area contributed by atoms with E-state index in [-0.39, 0.29) is 107 Å². The van der Waals surface area contributed by atoms with E-state index in [2.05, 4.69) is 35.3 Å². The topological polar surface area (TPSA) is 301 Å². The van der Waals surface area contributed by atoms with Crippen LogP contribution in [0.15, 0.2) is 48.8 Å². The molecule has 6 rings (SSSR count). The van der Waals surface area contributed by atoms with Crippen LogP contribution in [0.2, 0.25) is 0 Å². The molecular weight excluding hydrogens is 976 g/mol. The lowest BCUT2D eigenvalue weighted by Gasteiger charge is -2.31. The summed E-state index contributed by atoms with van der Waals surface area (Å²) in [5, 5.41) is 6.24. The molecule has 0 aliphatic carbocycles. The highest BCUT2D eigenvalue weighted by Crippen LogP contribution is 2.27. The number of nitrogens with zero attached hydrogens (tertiary/aromatic N) is 6. The number of piperidine rings is 2. The molecule has 0 atom stereocenters. The Bertz CT molecular complexity index is 2770. The number of hydrogen-bond donors (Lipinski definition) is 5. The minimum Gasteiger partial charge on any atom is -0.496 e. The maximum absolute atomic E-state index is 13.7. The van der Waals surface area contributed by atoms with Crippen LogP contribution >= 0.6 is 11.6 Å². The SMILES string of the molecule is COc1ccc(F)cc1C(=O)c1cnc(NC2CCN(S(=O)(=O)CCCCl)CC2)nc1N.COc1ccc(F)cc1C(=O)c1cnc(NC2CCN(S(=O)(=O)CCCNS(C)(=O)=O)CC2)nc1N. The van der Waals surface area contributed by atoms with Gasteiger partial charge in [0.15, 0.2) is 0 Å². The van der Waals surface area contributed by atoms with Gasteiger partial charge in [0.25, 0.3) is 0 Å². The fourth-order valence-electron chi connectivity index (χ4n) is 7.21. The number of nitrogen functional groups attached to an aromatic ring is 2. The van der Waals surface area contributed by atoms with Crippen LogP contribution in [-0.4, -0.2) is 148 Å². The first-order valence-corrected chi connectivity index (χ1v) is 26.8. The molecule has 68 heavy (non-hydrogen) atoms. The van der Waals surface area contributed by atoms with E-state index in [1.165, 1.54) is 59.5 Å². The van der Waals surface area contributed by atoms with Gasteiger partial charge in [-0.05, 0) is 74.9 Å². The van der Waals surface area contributed by atoms with Gasteiger partial charge >= 0.3 is 0 Å². The number of carbonyl (C=O) groups is 2. The van der Waals surface area contributed by atoms with Crippen LogP contribution < -0.4 is 36.3 Å². The third kappa shape index (κ3) is 14.8. The second-order valence-corrected chi connectivity index (χ2v) is 22.1. The summed E-state index contributed by atoms with van der Waals surface area (Å²) in [5.41, 5.74) is 12.0. The van der Waals surface area contributed by atoms with Gasteiger partial charge in [0.2, 0.25) is 53.5 Å². The smallest absolute Gasteiger partial charge is 0.224 e. The molecule has 2 aliphatic rings. The minimum atomic E-state index is -3.51. The number of carbonyl (C=O) groups excluding carboxylic acids is 2. The number of halogens is 3. The van der Waals surface area contributed by atoms with Crippen LogP contribution in [0, 0.1) is 11.6 Å². The molecule has 7 N–H and O–H groups in total. The standard InChI is InChI=1S/C21H29FN6O6S2.C20H25ClFN5O4S/c1-34-18-5-4-14(22)12-16(18)19(29)17-13-24-21(27-20(17)23)26-15-6-9-28(10-7-15)36(32,33)11-3-8-25-35(2,30)31;1-31-17-4-3-13(22)11-15(17)18(28)16-12-24-20(26-19(16)23)25-14-5-8-27(9-6-14)32(29,30)10-2-7-21/h4-5,12-13,15,25H,3,6-11H2,1-2H3,(H3,23,24,26,27);3-4,11-12,14H,2,5-10H2,1H3,(H3,23,24,25,26). The second kappa shape index (κ2) is 23.8. The maximum Gasteiger partial charge on any atom is 0.224 e. The molecule has 2 aliphatic heterocycles. The van der Waals surface area contributed by atoms with Crippen molar-refractivity contribution in [2.24, 2.45) is 0 Å². The van der Waals surface area contributed by atoms with Crippen molar-refractivity contribution >= 4 is 76.8 Å². The molecule has 0 spiro atoms. The zero-order valence-electron chi connectivity index (χ0n) is 37.5. The number of hydrogen-bond acceptors (Lipinski definition) is 18. The molecule has 4 aromatic rings. The monoisotopic (exact) mass is 1030 g/mol. The minimum absolute atomic E-state index is 0.00396. The first-order chi connectivity index (χ1) is 32.1. The molecule has 0 radical (unpaired) electrons. The van der Waals surface area contributed by atoms with Gasteiger partial charge in [0.1, 0.15) is 34.8 Å². The number of benzene rings is 2. The van der Waals surface area contributed by atoms with E-state index in [0.29, 0.717) is 51.1 Å². The van der Waals surface area contributed by atoms with Gasteiger partial charge in [-0.2, -0.15) is 9.97 Å². The van der Waals surface area contributed by atoms with Gasteiger partial charge in [0, 0.05) is 63.1 Å². The zero-order valence-corrected chi connectivity index (χ0v) is 40.7. The van der Waals surface area contributed by atoms with E-state index < -0.39 is 53.3 Å². The van der Waals surface area contributed by atoms with E-state index in [9.17, 15) is 43.6 Å². The number of sulfonamides is 3. The maximum atomic E-state index is 13.7. The van der Waals surface area contributed by atoms with E-state index >= 15 is 0 Å². The van der Waals surface area contributed by atoms with E-state index in [1.54, 1.807) is 0 Å². The van der Waals surface area contributed by atoms with Crippen LogP contribution in [0.1, 0.15) is 70.4 Å². The Kier molecular flexibility index (Phi) is 18.7. The third-order valence-electron chi connectivity index (χ3n) is 10.8. The fraction of sp³-hybridized carbons (Fsp3) is 0.463. The Morgan fingerprint density at radius 1 is 0.691 bits per heavy atom. The average Bonchev–Trinajstić information content (AvgIpc) is 3.30. The normalized spacial score (nSPS) is 15.5. The number of aromatic nitrogens is 4. The molecular formula is C41H54ClF2N11O10S3. The number of nitrogens with one attached hydrogen (secondary N) is 3. The number of ether oxygens (including phenoxy) is 2. The fourth-order valence-corrected chi connectivity index (χ4v) is 11.1. The van der Waals surface area contributed by atoms with E-state index in [0.717, 1.165) is 18.4 Å². The van der Waals surface area contributed by atoms with Crippen LogP contribution in [0.5, 0.6) is 11.5 Å². The summed E-state index contributed by atoms with van der Waals surface area (Å²) in [6.45, 7) is 1.39. The Labute approximate surface area is 398 Å². The number of rotatable bonds is 20. The van der Waals surface area contributed by atoms with E-state index in [1.807, 2.05) is 0 Å². The molecule has 2 fully saturated rings. The van der Waals surface area contributed by atoms with Crippen molar-refractivity contribution < 1.29 is 53.1 Å². The van der Waals surface area contributed by atoms with Crippen LogP contribution in [0.4, 0.5) is 32.3 Å². The Balaban J connectivity index is 0.000000256. The molecule has 372 valence electrons. The van der Waals surface area contributed by atoms with Gasteiger partial charge in [-0.1, -0.05) is 0 Å². The van der Waals surface area contributed by atoms with Crippen molar-refractivity contribution in [3.05, 3.63) is 82.7 Å². The molecule has 2 aromatic carbocycles. The average molecular weight is 1030 g/mol. The summed E-state index contributed by atoms with van der Waals surface area (Å²) in [7, 11) is -7.43. The summed E-state index contributed by atoms with van der Waals surface area (Å²) in [4.78, 5) is 42.3. The summed E-state index contributed by atoms with van der Waals surface area (Å²) in [5.74, 6) is -1.45. The lowest BCUT2D eigenvalue weighted by molar-refractivity contribution is 0.102. The van der Waals surface area contributed by atoms with Crippen LogP contribution in [0.25, 0.3) is 0 Å². The molecule has 2 saturated heterocycles. The summed E-state index contributed by atoms with van der Waals surface area (Å²) < 4.78 is 114. The van der Waals surface area contributed by atoms with Crippen LogP contribution in [0.3, 0.4) is 0 Å². The lowest BCUT2D eigenvalue weighted by Crippen LogP contribution is -2.43. The van der Waals surface area contributed by atoms with Gasteiger partial charge in [-0.15, -0.1) is 11.6 Å². The highest BCUT2D eigenvalue weighted by atomic mass is 35.5. The molecule has 0 saturated carbocycles. The van der Waals surface area contributed by atoms with Crippen molar-refractivity contribution in [1.82, 2.24) is 33.3 Å². The number of methoxy groups -OCH3 is 2.